The summed E-state index contributed by atoms with van der Waals surface area (Å²) >= 11 is 1.74. The molecule has 0 aliphatic heterocycles. The third kappa shape index (κ3) is 3.16. The standard InChI is InChI=1S/C14H17NOS/c1-14(15,10-16)9-12-7-8-13(17-12)11-5-3-2-4-6-11/h2-8,16H,9-10,15H2,1H3. The number of benzene rings is 1. The molecule has 90 valence electrons. The zero-order valence-electron chi connectivity index (χ0n) is 9.89. The van der Waals surface area contributed by atoms with Crippen LogP contribution >= 0.6 is 11.3 Å². The van der Waals surface area contributed by atoms with Crippen LogP contribution < -0.4 is 5.73 Å². The Kier molecular flexibility index (Phi) is 3.62. The van der Waals surface area contributed by atoms with Crippen LogP contribution in [0.1, 0.15) is 11.8 Å². The van der Waals surface area contributed by atoms with Gasteiger partial charge in [0.1, 0.15) is 0 Å². The van der Waals surface area contributed by atoms with E-state index in [9.17, 15) is 0 Å². The molecule has 1 aromatic heterocycles. The van der Waals surface area contributed by atoms with Crippen LogP contribution in [0.15, 0.2) is 42.5 Å². The summed E-state index contributed by atoms with van der Waals surface area (Å²) in [6.45, 7) is 1.88. The fourth-order valence-electron chi connectivity index (χ4n) is 1.68. The van der Waals surface area contributed by atoms with E-state index in [0.29, 0.717) is 6.42 Å². The zero-order chi connectivity index (χ0) is 12.3. The maximum Gasteiger partial charge on any atom is 0.0612 e. The first-order valence-corrected chi connectivity index (χ1v) is 6.46. The molecule has 2 rings (SSSR count). The van der Waals surface area contributed by atoms with E-state index in [1.807, 2.05) is 25.1 Å². The average Bonchev–Trinajstić information content (AvgIpc) is 2.78. The van der Waals surface area contributed by atoms with Gasteiger partial charge in [0.2, 0.25) is 0 Å². The lowest BCUT2D eigenvalue weighted by atomic mass is 10.00. The van der Waals surface area contributed by atoms with Crippen LogP contribution in [0.2, 0.25) is 0 Å². The van der Waals surface area contributed by atoms with Gasteiger partial charge in [-0.05, 0) is 24.6 Å². The lowest BCUT2D eigenvalue weighted by Gasteiger charge is -2.20. The molecule has 0 saturated carbocycles. The zero-order valence-corrected chi connectivity index (χ0v) is 10.7. The van der Waals surface area contributed by atoms with Crippen molar-refractivity contribution in [2.45, 2.75) is 18.9 Å². The summed E-state index contributed by atoms with van der Waals surface area (Å²) in [6.07, 6.45) is 0.709. The number of hydrogen-bond acceptors (Lipinski definition) is 3. The molecule has 0 amide bonds. The normalized spacial score (nSPS) is 14.5. The predicted octanol–water partition coefficient (Wildman–Crippen LogP) is 2.67. The van der Waals surface area contributed by atoms with E-state index in [1.54, 1.807) is 11.3 Å². The summed E-state index contributed by atoms with van der Waals surface area (Å²) in [5.74, 6) is 0. The molecule has 0 radical (unpaired) electrons. The minimum Gasteiger partial charge on any atom is -0.394 e. The van der Waals surface area contributed by atoms with Crippen LogP contribution in [0.25, 0.3) is 10.4 Å². The summed E-state index contributed by atoms with van der Waals surface area (Å²) in [6, 6.07) is 14.5. The largest absolute Gasteiger partial charge is 0.394 e. The molecule has 3 N–H and O–H groups in total. The summed E-state index contributed by atoms with van der Waals surface area (Å²) in [7, 11) is 0. The van der Waals surface area contributed by atoms with Crippen molar-refractivity contribution >= 4 is 11.3 Å². The molecule has 1 aromatic carbocycles. The van der Waals surface area contributed by atoms with Crippen molar-refractivity contribution in [1.29, 1.82) is 0 Å². The van der Waals surface area contributed by atoms with Crippen molar-refractivity contribution in [2.75, 3.05) is 6.61 Å². The first kappa shape index (κ1) is 12.3. The highest BCUT2D eigenvalue weighted by atomic mass is 32.1. The van der Waals surface area contributed by atoms with Gasteiger partial charge in [0, 0.05) is 21.7 Å². The Morgan fingerprint density at radius 3 is 2.53 bits per heavy atom. The lowest BCUT2D eigenvalue weighted by molar-refractivity contribution is 0.209. The maximum atomic E-state index is 9.16. The first-order valence-electron chi connectivity index (χ1n) is 5.65. The van der Waals surface area contributed by atoms with Gasteiger partial charge in [-0.2, -0.15) is 0 Å². The van der Waals surface area contributed by atoms with Gasteiger partial charge in [-0.25, -0.2) is 0 Å². The van der Waals surface area contributed by atoms with Crippen LogP contribution in [-0.4, -0.2) is 17.3 Å². The van der Waals surface area contributed by atoms with Gasteiger partial charge >= 0.3 is 0 Å². The van der Waals surface area contributed by atoms with E-state index in [2.05, 4.69) is 24.3 Å². The molecular weight excluding hydrogens is 230 g/mol. The van der Waals surface area contributed by atoms with Gasteiger partial charge in [-0.15, -0.1) is 11.3 Å². The van der Waals surface area contributed by atoms with Crippen molar-refractivity contribution in [1.82, 2.24) is 0 Å². The van der Waals surface area contributed by atoms with Crippen molar-refractivity contribution in [3.8, 4) is 10.4 Å². The van der Waals surface area contributed by atoms with E-state index in [-0.39, 0.29) is 6.61 Å². The second-order valence-electron chi connectivity index (χ2n) is 4.62. The minimum atomic E-state index is -0.529. The molecule has 1 unspecified atom stereocenters. The van der Waals surface area contributed by atoms with E-state index in [4.69, 9.17) is 10.8 Å². The Morgan fingerprint density at radius 1 is 1.18 bits per heavy atom. The molecule has 0 fully saturated rings. The van der Waals surface area contributed by atoms with Crippen LogP contribution in [0.5, 0.6) is 0 Å². The number of hydrogen-bond donors (Lipinski definition) is 2. The monoisotopic (exact) mass is 247 g/mol. The predicted molar refractivity (Wildman–Crippen MR) is 73.1 cm³/mol. The highest BCUT2D eigenvalue weighted by molar-refractivity contribution is 7.15. The third-order valence-corrected chi connectivity index (χ3v) is 3.79. The fraction of sp³-hybridized carbons (Fsp3) is 0.286. The number of thiophene rings is 1. The smallest absolute Gasteiger partial charge is 0.0612 e. The fourth-order valence-corrected chi connectivity index (χ4v) is 2.89. The summed E-state index contributed by atoms with van der Waals surface area (Å²) in [5.41, 5.74) is 6.65. The molecule has 0 spiro atoms. The van der Waals surface area contributed by atoms with Gasteiger partial charge in [0.25, 0.3) is 0 Å². The van der Waals surface area contributed by atoms with E-state index < -0.39 is 5.54 Å². The summed E-state index contributed by atoms with van der Waals surface area (Å²) in [4.78, 5) is 2.46. The highest BCUT2D eigenvalue weighted by Gasteiger charge is 2.18. The Morgan fingerprint density at radius 2 is 1.88 bits per heavy atom. The Hall–Kier alpha value is -1.16. The van der Waals surface area contributed by atoms with Crippen LogP contribution in [0.4, 0.5) is 0 Å². The second kappa shape index (κ2) is 5.00. The van der Waals surface area contributed by atoms with E-state index >= 15 is 0 Å². The maximum absolute atomic E-state index is 9.16. The molecule has 0 saturated heterocycles. The van der Waals surface area contributed by atoms with Crippen LogP contribution in [-0.2, 0) is 6.42 Å². The van der Waals surface area contributed by atoms with Crippen molar-refractivity contribution in [3.63, 3.8) is 0 Å². The number of nitrogens with two attached hydrogens (primary N) is 1. The summed E-state index contributed by atoms with van der Waals surface area (Å²) < 4.78 is 0. The third-order valence-electron chi connectivity index (χ3n) is 2.66. The molecule has 17 heavy (non-hydrogen) atoms. The molecule has 0 aliphatic carbocycles. The number of aliphatic hydroxyl groups is 1. The first-order chi connectivity index (χ1) is 8.11. The molecular formula is C14H17NOS. The van der Waals surface area contributed by atoms with Gasteiger partial charge in [-0.1, -0.05) is 30.3 Å². The van der Waals surface area contributed by atoms with Crippen molar-refractivity contribution in [2.24, 2.45) is 5.73 Å². The summed E-state index contributed by atoms with van der Waals surface area (Å²) in [5, 5.41) is 9.16. The lowest BCUT2D eigenvalue weighted by Crippen LogP contribution is -2.42. The molecule has 1 heterocycles. The SMILES string of the molecule is CC(N)(CO)Cc1ccc(-c2ccccc2)s1. The van der Waals surface area contributed by atoms with Gasteiger partial charge in [0.05, 0.1) is 6.61 Å². The van der Waals surface area contributed by atoms with Crippen molar-refractivity contribution < 1.29 is 5.11 Å². The second-order valence-corrected chi connectivity index (χ2v) is 5.79. The van der Waals surface area contributed by atoms with E-state index in [1.165, 1.54) is 15.3 Å². The average molecular weight is 247 g/mol. The van der Waals surface area contributed by atoms with E-state index in [0.717, 1.165) is 0 Å². The van der Waals surface area contributed by atoms with Gasteiger partial charge < -0.3 is 10.8 Å². The quantitative estimate of drug-likeness (QED) is 0.872. The molecule has 2 aromatic rings. The molecule has 3 heteroatoms. The van der Waals surface area contributed by atoms with Crippen molar-refractivity contribution in [3.05, 3.63) is 47.3 Å². The molecule has 0 bridgehead atoms. The Bertz CT molecular complexity index is 476. The van der Waals surface area contributed by atoms with Crippen LogP contribution in [0.3, 0.4) is 0 Å². The number of rotatable bonds is 4. The molecule has 2 nitrogen and oxygen atoms in total. The minimum absolute atomic E-state index is 0.00553. The highest BCUT2D eigenvalue weighted by Crippen LogP contribution is 2.29. The van der Waals surface area contributed by atoms with Gasteiger partial charge in [-0.3, -0.25) is 0 Å². The Balaban J connectivity index is 2.17. The molecule has 1 atom stereocenters. The molecule has 0 aliphatic rings. The topological polar surface area (TPSA) is 46.2 Å². The number of aliphatic hydroxyl groups excluding tert-OH is 1. The van der Waals surface area contributed by atoms with Crippen LogP contribution in [0, 0.1) is 0 Å². The Labute approximate surface area is 106 Å². The van der Waals surface area contributed by atoms with Gasteiger partial charge in [0.15, 0.2) is 0 Å².